The highest BCUT2D eigenvalue weighted by atomic mass is 16.1. The van der Waals surface area contributed by atoms with Crippen molar-refractivity contribution in [1.29, 1.82) is 0 Å². The van der Waals surface area contributed by atoms with Crippen LogP contribution in [0.3, 0.4) is 0 Å². The number of carbonyl (C=O) groups excluding carboxylic acids is 1. The molecule has 0 bridgehead atoms. The molecule has 1 amide bonds. The fraction of sp³-hybridized carbons (Fsp3) is 0.238. The second kappa shape index (κ2) is 6.93. The molecule has 2 aromatic carbocycles. The van der Waals surface area contributed by atoms with E-state index in [-0.39, 0.29) is 11.8 Å². The highest BCUT2D eigenvalue weighted by Crippen LogP contribution is 2.27. The molecule has 0 atom stereocenters. The van der Waals surface area contributed by atoms with Crippen LogP contribution in [-0.2, 0) is 4.79 Å². The SMILES string of the molecule is O=C(Nc1ccccc1C=Cc1n[nH]c2ccccc12)C1CCCC1. The molecule has 1 fully saturated rings. The van der Waals surface area contributed by atoms with E-state index in [0.29, 0.717) is 0 Å². The summed E-state index contributed by atoms with van der Waals surface area (Å²) in [6.07, 6.45) is 8.32. The van der Waals surface area contributed by atoms with Gasteiger partial charge in [0.05, 0.1) is 11.2 Å². The molecule has 4 nitrogen and oxygen atoms in total. The molecule has 0 spiro atoms. The number of amides is 1. The predicted octanol–water partition coefficient (Wildman–Crippen LogP) is 4.86. The fourth-order valence-electron chi connectivity index (χ4n) is 3.46. The number of anilines is 1. The van der Waals surface area contributed by atoms with E-state index in [2.05, 4.69) is 15.5 Å². The largest absolute Gasteiger partial charge is 0.325 e. The molecule has 1 heterocycles. The smallest absolute Gasteiger partial charge is 0.227 e. The van der Waals surface area contributed by atoms with E-state index in [1.54, 1.807) is 0 Å². The molecule has 126 valence electrons. The third-order valence-electron chi connectivity index (χ3n) is 4.87. The summed E-state index contributed by atoms with van der Waals surface area (Å²) in [5, 5.41) is 11.6. The molecule has 1 aromatic heterocycles. The van der Waals surface area contributed by atoms with Crippen LogP contribution in [0, 0.1) is 5.92 Å². The van der Waals surface area contributed by atoms with Gasteiger partial charge in [-0.1, -0.05) is 55.3 Å². The van der Waals surface area contributed by atoms with E-state index in [4.69, 9.17) is 0 Å². The molecule has 2 N–H and O–H groups in total. The van der Waals surface area contributed by atoms with Crippen molar-refractivity contribution >= 4 is 34.6 Å². The number of H-pyrrole nitrogens is 1. The van der Waals surface area contributed by atoms with E-state index >= 15 is 0 Å². The first-order chi connectivity index (χ1) is 12.3. The molecular formula is C21H21N3O. The molecule has 1 aliphatic carbocycles. The van der Waals surface area contributed by atoms with E-state index in [0.717, 1.165) is 53.5 Å². The Morgan fingerprint density at radius 3 is 2.68 bits per heavy atom. The first-order valence-electron chi connectivity index (χ1n) is 8.82. The number of carbonyl (C=O) groups is 1. The minimum absolute atomic E-state index is 0.142. The van der Waals surface area contributed by atoms with Crippen molar-refractivity contribution in [3.8, 4) is 0 Å². The van der Waals surface area contributed by atoms with Crippen molar-refractivity contribution in [2.75, 3.05) is 5.32 Å². The van der Waals surface area contributed by atoms with E-state index in [1.807, 2.05) is 60.7 Å². The van der Waals surface area contributed by atoms with E-state index in [1.165, 1.54) is 0 Å². The zero-order chi connectivity index (χ0) is 17.1. The number of benzene rings is 2. The van der Waals surface area contributed by atoms with Crippen molar-refractivity contribution < 1.29 is 4.79 Å². The molecule has 4 rings (SSSR count). The number of para-hydroxylation sites is 2. The van der Waals surface area contributed by atoms with Gasteiger partial charge >= 0.3 is 0 Å². The number of aromatic nitrogens is 2. The summed E-state index contributed by atoms with van der Waals surface area (Å²) < 4.78 is 0. The number of fused-ring (bicyclic) bond motifs is 1. The molecule has 0 radical (unpaired) electrons. The fourth-order valence-corrected chi connectivity index (χ4v) is 3.46. The average Bonchev–Trinajstić information content (AvgIpc) is 3.31. The standard InChI is InChI=1S/C21H21N3O/c25-21(16-8-1-2-9-16)22-18-11-5-3-7-15(18)13-14-20-17-10-4-6-12-19(17)23-24-20/h3-7,10-14,16H,1-2,8-9H2,(H,22,25)(H,23,24). The molecule has 4 heteroatoms. The second-order valence-electron chi connectivity index (χ2n) is 6.55. The summed E-state index contributed by atoms with van der Waals surface area (Å²) in [5.41, 5.74) is 3.76. The minimum atomic E-state index is 0.142. The number of hydrogen-bond acceptors (Lipinski definition) is 2. The lowest BCUT2D eigenvalue weighted by molar-refractivity contribution is -0.119. The minimum Gasteiger partial charge on any atom is -0.325 e. The van der Waals surface area contributed by atoms with Crippen LogP contribution in [0.4, 0.5) is 5.69 Å². The Kier molecular flexibility index (Phi) is 4.34. The van der Waals surface area contributed by atoms with Crippen LogP contribution in [-0.4, -0.2) is 16.1 Å². The lowest BCUT2D eigenvalue weighted by Crippen LogP contribution is -2.20. The Labute approximate surface area is 147 Å². The van der Waals surface area contributed by atoms with E-state index < -0.39 is 0 Å². The number of nitrogens with one attached hydrogen (secondary N) is 2. The topological polar surface area (TPSA) is 57.8 Å². The Morgan fingerprint density at radius 1 is 1.04 bits per heavy atom. The van der Waals surface area contributed by atoms with Gasteiger partial charge in [0.1, 0.15) is 0 Å². The van der Waals surface area contributed by atoms with E-state index in [9.17, 15) is 4.79 Å². The quantitative estimate of drug-likeness (QED) is 0.717. The van der Waals surface area contributed by atoms with Crippen LogP contribution in [0.1, 0.15) is 36.9 Å². The van der Waals surface area contributed by atoms with Crippen LogP contribution >= 0.6 is 0 Å². The van der Waals surface area contributed by atoms with Crippen LogP contribution in [0.15, 0.2) is 48.5 Å². The Bertz CT molecular complexity index is 920. The van der Waals surface area contributed by atoms with Gasteiger partial charge in [0.15, 0.2) is 0 Å². The van der Waals surface area contributed by atoms with Gasteiger partial charge in [-0.15, -0.1) is 0 Å². The molecule has 0 unspecified atom stereocenters. The zero-order valence-electron chi connectivity index (χ0n) is 14.0. The Hall–Kier alpha value is -2.88. The summed E-state index contributed by atoms with van der Waals surface area (Å²) in [6.45, 7) is 0. The summed E-state index contributed by atoms with van der Waals surface area (Å²) in [5.74, 6) is 0.302. The maximum absolute atomic E-state index is 12.4. The molecule has 0 saturated heterocycles. The number of rotatable bonds is 4. The molecule has 1 aliphatic rings. The average molecular weight is 331 g/mol. The van der Waals surface area contributed by atoms with Crippen LogP contribution in [0.2, 0.25) is 0 Å². The first kappa shape index (κ1) is 15.6. The summed E-state index contributed by atoms with van der Waals surface area (Å²) >= 11 is 0. The van der Waals surface area contributed by atoms with Crippen molar-refractivity contribution in [2.24, 2.45) is 5.92 Å². The summed E-state index contributed by atoms with van der Waals surface area (Å²) in [4.78, 5) is 12.4. The molecular weight excluding hydrogens is 310 g/mol. The Morgan fingerprint density at radius 2 is 1.80 bits per heavy atom. The van der Waals surface area contributed by atoms with Crippen molar-refractivity contribution in [2.45, 2.75) is 25.7 Å². The van der Waals surface area contributed by atoms with Crippen LogP contribution < -0.4 is 5.32 Å². The van der Waals surface area contributed by atoms with Gasteiger partial charge in [-0.05, 0) is 36.6 Å². The highest BCUT2D eigenvalue weighted by molar-refractivity contribution is 5.96. The number of nitrogens with zero attached hydrogens (tertiary/aromatic N) is 1. The van der Waals surface area contributed by atoms with Crippen molar-refractivity contribution in [3.63, 3.8) is 0 Å². The van der Waals surface area contributed by atoms with Gasteiger partial charge in [0.25, 0.3) is 0 Å². The third kappa shape index (κ3) is 3.33. The maximum atomic E-state index is 12.4. The summed E-state index contributed by atoms with van der Waals surface area (Å²) in [7, 11) is 0. The molecule has 1 saturated carbocycles. The van der Waals surface area contributed by atoms with Gasteiger partial charge in [-0.25, -0.2) is 0 Å². The van der Waals surface area contributed by atoms with Gasteiger partial charge in [0, 0.05) is 17.0 Å². The molecule has 0 aliphatic heterocycles. The normalized spacial score (nSPS) is 15.2. The van der Waals surface area contributed by atoms with Crippen molar-refractivity contribution in [3.05, 3.63) is 59.8 Å². The molecule has 3 aromatic rings. The zero-order valence-corrected chi connectivity index (χ0v) is 14.0. The van der Waals surface area contributed by atoms with Crippen molar-refractivity contribution in [1.82, 2.24) is 10.2 Å². The maximum Gasteiger partial charge on any atom is 0.227 e. The number of hydrogen-bond donors (Lipinski definition) is 2. The second-order valence-corrected chi connectivity index (χ2v) is 6.55. The van der Waals surface area contributed by atoms with Crippen LogP contribution in [0.5, 0.6) is 0 Å². The predicted molar refractivity (Wildman–Crippen MR) is 102 cm³/mol. The first-order valence-corrected chi connectivity index (χ1v) is 8.82. The monoisotopic (exact) mass is 331 g/mol. The lowest BCUT2D eigenvalue weighted by atomic mass is 10.1. The van der Waals surface area contributed by atoms with Gasteiger partial charge in [-0.3, -0.25) is 9.89 Å². The van der Waals surface area contributed by atoms with Crippen LogP contribution in [0.25, 0.3) is 23.1 Å². The van der Waals surface area contributed by atoms with Gasteiger partial charge in [-0.2, -0.15) is 5.10 Å². The Balaban J connectivity index is 1.57. The van der Waals surface area contributed by atoms with Gasteiger partial charge < -0.3 is 5.32 Å². The third-order valence-corrected chi connectivity index (χ3v) is 4.87. The molecule has 25 heavy (non-hydrogen) atoms. The number of aromatic amines is 1. The summed E-state index contributed by atoms with van der Waals surface area (Å²) in [6, 6.07) is 15.9. The lowest BCUT2D eigenvalue weighted by Gasteiger charge is -2.12. The van der Waals surface area contributed by atoms with Gasteiger partial charge in [0.2, 0.25) is 5.91 Å². The highest BCUT2D eigenvalue weighted by Gasteiger charge is 2.22.